The van der Waals surface area contributed by atoms with E-state index in [2.05, 4.69) is 16.7 Å². The molecule has 134 valence electrons. The van der Waals surface area contributed by atoms with E-state index in [1.165, 1.54) is 0 Å². The number of piperazine rings is 1. The molecule has 3 rings (SSSR count). The van der Waals surface area contributed by atoms with Crippen LogP contribution < -0.4 is 0 Å². The summed E-state index contributed by atoms with van der Waals surface area (Å²) in [7, 11) is -2.99. The Morgan fingerprint density at radius 2 is 1.75 bits per heavy atom. The monoisotopic (exact) mass is 354 g/mol. The topological polar surface area (TPSA) is 40.6 Å². The van der Waals surface area contributed by atoms with Gasteiger partial charge in [-0.15, -0.1) is 0 Å². The quantitative estimate of drug-likeness (QED) is 0.831. The van der Waals surface area contributed by atoms with E-state index in [0.717, 1.165) is 31.6 Å². The van der Waals surface area contributed by atoms with Crippen LogP contribution in [0.25, 0.3) is 0 Å². The van der Waals surface area contributed by atoms with Gasteiger partial charge in [-0.3, -0.25) is 9.80 Å². The van der Waals surface area contributed by atoms with E-state index in [0.29, 0.717) is 17.7 Å². The fourth-order valence-electron chi connectivity index (χ4n) is 4.11. The third-order valence-corrected chi connectivity index (χ3v) is 7.18. The highest BCUT2D eigenvalue weighted by atomic mass is 32.2. The van der Waals surface area contributed by atoms with Crippen molar-refractivity contribution < 1.29 is 12.8 Å². The molecule has 1 aromatic rings. The number of halogens is 1. The van der Waals surface area contributed by atoms with Crippen LogP contribution in [0, 0.1) is 19.7 Å². The van der Waals surface area contributed by atoms with Crippen LogP contribution in [0.5, 0.6) is 0 Å². The second-order valence-electron chi connectivity index (χ2n) is 7.20. The molecule has 2 heterocycles. The average molecular weight is 354 g/mol. The zero-order valence-electron chi connectivity index (χ0n) is 14.8. The standard InChI is InChI=1S/C18H27FN2O2S/c1-4-7-20-8-9-21(17-12-24(22,23)11-16(17)20)10-15-6-5-13(2)18(19)14(15)3/h5-6,16-17H,4,7-12H2,1-3H3/t16-,17+/m0/s1. The molecule has 2 aliphatic rings. The molecule has 4 nitrogen and oxygen atoms in total. The zero-order valence-corrected chi connectivity index (χ0v) is 15.6. The summed E-state index contributed by atoms with van der Waals surface area (Å²) in [6.07, 6.45) is 1.03. The predicted molar refractivity (Wildman–Crippen MR) is 94.4 cm³/mol. The zero-order chi connectivity index (χ0) is 17.5. The molecule has 0 aromatic heterocycles. The normalized spacial score (nSPS) is 27.3. The number of benzene rings is 1. The Morgan fingerprint density at radius 3 is 2.42 bits per heavy atom. The molecule has 0 N–H and O–H groups in total. The van der Waals surface area contributed by atoms with E-state index in [1.807, 2.05) is 19.1 Å². The first-order valence-corrected chi connectivity index (χ1v) is 10.6. The molecule has 24 heavy (non-hydrogen) atoms. The van der Waals surface area contributed by atoms with Crippen molar-refractivity contribution in [3.63, 3.8) is 0 Å². The van der Waals surface area contributed by atoms with Gasteiger partial charge in [-0.2, -0.15) is 0 Å². The Labute approximate surface area is 144 Å². The maximum absolute atomic E-state index is 14.2. The number of fused-ring (bicyclic) bond motifs is 1. The number of rotatable bonds is 4. The minimum absolute atomic E-state index is 0.0269. The lowest BCUT2D eigenvalue weighted by Crippen LogP contribution is -2.58. The van der Waals surface area contributed by atoms with Gasteiger partial charge in [0.15, 0.2) is 9.84 Å². The molecular formula is C18H27FN2O2S. The fourth-order valence-corrected chi connectivity index (χ4v) is 6.15. The molecule has 1 aromatic carbocycles. The minimum Gasteiger partial charge on any atom is -0.297 e. The van der Waals surface area contributed by atoms with E-state index in [-0.39, 0.29) is 29.4 Å². The number of hydrogen-bond donors (Lipinski definition) is 0. The number of nitrogens with zero attached hydrogens (tertiary/aromatic N) is 2. The Morgan fingerprint density at radius 1 is 1.12 bits per heavy atom. The van der Waals surface area contributed by atoms with Gasteiger partial charge in [0.2, 0.25) is 0 Å². The highest BCUT2D eigenvalue weighted by molar-refractivity contribution is 7.91. The van der Waals surface area contributed by atoms with E-state index in [1.54, 1.807) is 6.92 Å². The van der Waals surface area contributed by atoms with Crippen molar-refractivity contribution in [3.8, 4) is 0 Å². The first-order chi connectivity index (χ1) is 11.3. The number of aryl methyl sites for hydroxylation is 1. The first kappa shape index (κ1) is 17.8. The molecule has 2 aliphatic heterocycles. The molecule has 0 aliphatic carbocycles. The van der Waals surface area contributed by atoms with Crippen molar-refractivity contribution in [2.24, 2.45) is 0 Å². The summed E-state index contributed by atoms with van der Waals surface area (Å²) >= 11 is 0. The van der Waals surface area contributed by atoms with Crippen molar-refractivity contribution in [2.75, 3.05) is 31.1 Å². The third kappa shape index (κ3) is 3.37. The summed E-state index contributed by atoms with van der Waals surface area (Å²) in [4.78, 5) is 4.58. The molecule has 2 saturated heterocycles. The van der Waals surface area contributed by atoms with Crippen molar-refractivity contribution in [3.05, 3.63) is 34.6 Å². The molecule has 0 unspecified atom stereocenters. The van der Waals surface area contributed by atoms with E-state index in [4.69, 9.17) is 0 Å². The van der Waals surface area contributed by atoms with Crippen LogP contribution >= 0.6 is 0 Å². The van der Waals surface area contributed by atoms with Gasteiger partial charge in [-0.1, -0.05) is 19.1 Å². The lowest BCUT2D eigenvalue weighted by molar-refractivity contribution is 0.0404. The van der Waals surface area contributed by atoms with Crippen molar-refractivity contribution in [1.29, 1.82) is 0 Å². The highest BCUT2D eigenvalue weighted by Crippen LogP contribution is 2.29. The van der Waals surface area contributed by atoms with Crippen LogP contribution in [0.4, 0.5) is 4.39 Å². The van der Waals surface area contributed by atoms with Gasteiger partial charge in [0, 0.05) is 31.7 Å². The molecule has 0 radical (unpaired) electrons. The molecule has 2 fully saturated rings. The van der Waals surface area contributed by atoms with Gasteiger partial charge in [0.05, 0.1) is 11.5 Å². The molecule has 0 spiro atoms. The van der Waals surface area contributed by atoms with E-state index in [9.17, 15) is 12.8 Å². The SMILES string of the molecule is CCCN1CCN(Cc2ccc(C)c(F)c2C)[C@@H]2CS(=O)(=O)C[C@@H]21. The van der Waals surface area contributed by atoms with Gasteiger partial charge >= 0.3 is 0 Å². The molecule has 0 amide bonds. The summed E-state index contributed by atoms with van der Waals surface area (Å²) in [6.45, 7) is 9.01. The van der Waals surface area contributed by atoms with Crippen molar-refractivity contribution in [1.82, 2.24) is 9.80 Å². The molecular weight excluding hydrogens is 327 g/mol. The Kier molecular flexibility index (Phi) is 5.00. The Hall–Kier alpha value is -0.980. The lowest BCUT2D eigenvalue weighted by Gasteiger charge is -2.44. The van der Waals surface area contributed by atoms with Crippen molar-refractivity contribution in [2.45, 2.75) is 45.8 Å². The van der Waals surface area contributed by atoms with Gasteiger partial charge in [-0.05, 0) is 43.5 Å². The Balaban J connectivity index is 1.83. The van der Waals surface area contributed by atoms with Gasteiger partial charge in [0.25, 0.3) is 0 Å². The number of hydrogen-bond acceptors (Lipinski definition) is 4. The predicted octanol–water partition coefficient (Wildman–Crippen LogP) is 2.14. The van der Waals surface area contributed by atoms with Crippen LogP contribution in [-0.4, -0.2) is 61.4 Å². The number of sulfone groups is 1. The maximum Gasteiger partial charge on any atom is 0.153 e. The highest BCUT2D eigenvalue weighted by Gasteiger charge is 2.46. The summed E-state index contributed by atoms with van der Waals surface area (Å²) in [5, 5.41) is 0. The third-order valence-electron chi connectivity index (χ3n) is 5.48. The van der Waals surface area contributed by atoms with Crippen LogP contribution in [0.15, 0.2) is 12.1 Å². The maximum atomic E-state index is 14.2. The smallest absolute Gasteiger partial charge is 0.153 e. The van der Waals surface area contributed by atoms with Crippen LogP contribution in [-0.2, 0) is 16.4 Å². The fraction of sp³-hybridized carbons (Fsp3) is 0.667. The van der Waals surface area contributed by atoms with Crippen molar-refractivity contribution >= 4 is 9.84 Å². The largest absolute Gasteiger partial charge is 0.297 e. The van der Waals surface area contributed by atoms with Crippen LogP contribution in [0.3, 0.4) is 0 Å². The Bertz CT molecular complexity index is 720. The summed E-state index contributed by atoms with van der Waals surface area (Å²) in [5.41, 5.74) is 2.30. The molecule has 6 heteroatoms. The van der Waals surface area contributed by atoms with Crippen LogP contribution in [0.2, 0.25) is 0 Å². The summed E-state index contributed by atoms with van der Waals surface area (Å²) in [6, 6.07) is 3.90. The van der Waals surface area contributed by atoms with Gasteiger partial charge < -0.3 is 0 Å². The lowest BCUT2D eigenvalue weighted by atomic mass is 10.0. The summed E-state index contributed by atoms with van der Waals surface area (Å²) in [5.74, 6) is 0.341. The second-order valence-corrected chi connectivity index (χ2v) is 9.35. The van der Waals surface area contributed by atoms with Gasteiger partial charge in [-0.25, -0.2) is 12.8 Å². The molecule has 2 atom stereocenters. The second kappa shape index (κ2) is 6.73. The first-order valence-electron chi connectivity index (χ1n) is 8.75. The van der Waals surface area contributed by atoms with E-state index < -0.39 is 9.84 Å². The minimum atomic E-state index is -2.99. The van der Waals surface area contributed by atoms with Crippen LogP contribution in [0.1, 0.15) is 30.0 Å². The van der Waals surface area contributed by atoms with Gasteiger partial charge in [0.1, 0.15) is 5.82 Å². The summed E-state index contributed by atoms with van der Waals surface area (Å²) < 4.78 is 38.6. The molecule has 0 saturated carbocycles. The average Bonchev–Trinajstić information content (AvgIpc) is 2.86. The molecule has 0 bridgehead atoms. The van der Waals surface area contributed by atoms with E-state index >= 15 is 0 Å².